The number of benzene rings is 1. The third-order valence-electron chi connectivity index (χ3n) is 2.11. The molecule has 0 unspecified atom stereocenters. The molecule has 4 nitrogen and oxygen atoms in total. The fraction of sp³-hybridized carbons (Fsp3) is 0.333. The van der Waals surface area contributed by atoms with E-state index in [1.165, 1.54) is 12.1 Å². The Kier molecular flexibility index (Phi) is 7.77. The van der Waals surface area contributed by atoms with Gasteiger partial charge in [-0.25, -0.2) is 9.59 Å². The van der Waals surface area contributed by atoms with Gasteiger partial charge in [0.25, 0.3) is 0 Å². The molecule has 0 spiro atoms. The summed E-state index contributed by atoms with van der Waals surface area (Å²) in [5.74, 6) is -1.70. The topological polar surface area (TPSA) is 63.6 Å². The van der Waals surface area contributed by atoms with Gasteiger partial charge in [0.15, 0.2) is 0 Å². The average Bonchev–Trinajstić information content (AvgIpc) is 2.29. The first-order chi connectivity index (χ1) is 7.66. The Morgan fingerprint density at radius 2 is 1.82 bits per heavy atom. The SMILES string of the molecule is CCCCOC(=O)c1ccccc1C(=O)O.[PbH2]. The second-order valence-corrected chi connectivity index (χ2v) is 3.34. The summed E-state index contributed by atoms with van der Waals surface area (Å²) < 4.78 is 4.96. The van der Waals surface area contributed by atoms with Gasteiger partial charge < -0.3 is 9.84 Å². The zero-order valence-electron chi connectivity index (χ0n) is 9.81. The zero-order valence-corrected chi connectivity index (χ0v) is 15.3. The first-order valence-electron chi connectivity index (χ1n) is 5.16. The van der Waals surface area contributed by atoms with E-state index in [2.05, 4.69) is 0 Å². The first kappa shape index (κ1) is 16.1. The molecule has 0 amide bonds. The minimum absolute atomic E-state index is 0. The molecule has 5 heteroatoms. The van der Waals surface area contributed by atoms with E-state index < -0.39 is 11.9 Å². The number of carboxylic acid groups (broad SMARTS) is 1. The van der Waals surface area contributed by atoms with Gasteiger partial charge in [0.2, 0.25) is 0 Å². The predicted octanol–water partition coefficient (Wildman–Crippen LogP) is 1.43. The van der Waals surface area contributed by atoms with Crippen LogP contribution in [0.3, 0.4) is 0 Å². The molecule has 1 aromatic rings. The Balaban J connectivity index is 0.00000256. The monoisotopic (exact) mass is 432 g/mol. The number of hydrogen-bond acceptors (Lipinski definition) is 3. The summed E-state index contributed by atoms with van der Waals surface area (Å²) >= 11 is 0. The Morgan fingerprint density at radius 1 is 1.24 bits per heavy atom. The van der Waals surface area contributed by atoms with E-state index in [-0.39, 0.29) is 38.4 Å². The number of aromatic carboxylic acids is 1. The van der Waals surface area contributed by atoms with Crippen LogP contribution in [0.25, 0.3) is 0 Å². The summed E-state index contributed by atoms with van der Waals surface area (Å²) in [7, 11) is 0. The number of carboxylic acids is 1. The molecule has 0 aliphatic heterocycles. The molecule has 1 N–H and O–H groups in total. The summed E-state index contributed by atoms with van der Waals surface area (Å²) in [5.41, 5.74) is 0.0788. The van der Waals surface area contributed by atoms with E-state index in [1.807, 2.05) is 6.92 Å². The molecule has 0 fully saturated rings. The molecular weight excluding hydrogens is 415 g/mol. The van der Waals surface area contributed by atoms with Crippen molar-refractivity contribution in [2.75, 3.05) is 6.61 Å². The van der Waals surface area contributed by atoms with Gasteiger partial charge in [-0.1, -0.05) is 25.5 Å². The maximum absolute atomic E-state index is 11.6. The van der Waals surface area contributed by atoms with E-state index in [1.54, 1.807) is 12.1 Å². The number of hydrogen-bond donors (Lipinski definition) is 1. The van der Waals surface area contributed by atoms with Crippen LogP contribution in [0.1, 0.15) is 40.5 Å². The third kappa shape index (κ3) is 4.84. The number of carbonyl (C=O) groups excluding carboxylic acids is 1. The van der Waals surface area contributed by atoms with Gasteiger partial charge in [-0.15, -0.1) is 0 Å². The summed E-state index contributed by atoms with van der Waals surface area (Å²) in [5, 5.41) is 8.88. The second kappa shape index (κ2) is 8.21. The molecule has 0 aliphatic carbocycles. The third-order valence-corrected chi connectivity index (χ3v) is 2.11. The maximum atomic E-state index is 11.6. The molecule has 0 atom stereocenters. The van der Waals surface area contributed by atoms with Crippen LogP contribution in [-0.4, -0.2) is 51.0 Å². The van der Waals surface area contributed by atoms with Crippen molar-refractivity contribution in [3.63, 3.8) is 0 Å². The first-order valence-corrected chi connectivity index (χ1v) is 5.16. The van der Waals surface area contributed by atoms with Crippen molar-refractivity contribution >= 4 is 39.2 Å². The van der Waals surface area contributed by atoms with Gasteiger partial charge in [0, 0.05) is 0 Å². The van der Waals surface area contributed by atoms with Crippen LogP contribution < -0.4 is 0 Å². The fourth-order valence-electron chi connectivity index (χ4n) is 1.23. The van der Waals surface area contributed by atoms with Crippen LogP contribution in [0.5, 0.6) is 0 Å². The number of unbranched alkanes of at least 4 members (excludes halogenated alkanes) is 1. The van der Waals surface area contributed by atoms with Crippen LogP contribution >= 0.6 is 0 Å². The summed E-state index contributed by atoms with van der Waals surface area (Å²) in [6, 6.07) is 6.03. The van der Waals surface area contributed by atoms with Crippen molar-refractivity contribution in [3.05, 3.63) is 35.4 Å². The van der Waals surface area contributed by atoms with E-state index >= 15 is 0 Å². The summed E-state index contributed by atoms with van der Waals surface area (Å²) in [4.78, 5) is 22.4. The number of rotatable bonds is 5. The van der Waals surface area contributed by atoms with Gasteiger partial charge in [0.05, 0.1) is 17.7 Å². The number of ether oxygens (including phenoxy) is 1. The molecule has 17 heavy (non-hydrogen) atoms. The van der Waals surface area contributed by atoms with Gasteiger partial charge in [-0.3, -0.25) is 0 Å². The number of carbonyl (C=O) groups is 2. The van der Waals surface area contributed by atoms with E-state index in [0.29, 0.717) is 6.61 Å². The Labute approximate surface area is 120 Å². The zero-order chi connectivity index (χ0) is 12.0. The van der Waals surface area contributed by atoms with E-state index in [0.717, 1.165) is 12.8 Å². The predicted molar refractivity (Wildman–Crippen MR) is 67.1 cm³/mol. The molecular formula is C12H16O4Pb. The van der Waals surface area contributed by atoms with Crippen LogP contribution in [0, 0.1) is 0 Å². The molecule has 1 rings (SSSR count). The second-order valence-electron chi connectivity index (χ2n) is 3.34. The summed E-state index contributed by atoms with van der Waals surface area (Å²) in [6.07, 6.45) is 1.70. The van der Waals surface area contributed by atoms with Crippen molar-refractivity contribution in [2.24, 2.45) is 0 Å². The van der Waals surface area contributed by atoms with Crippen molar-refractivity contribution in [1.29, 1.82) is 0 Å². The van der Waals surface area contributed by atoms with Gasteiger partial charge in [0.1, 0.15) is 0 Å². The van der Waals surface area contributed by atoms with Crippen molar-refractivity contribution in [1.82, 2.24) is 0 Å². The van der Waals surface area contributed by atoms with Crippen LogP contribution in [-0.2, 0) is 4.74 Å². The van der Waals surface area contributed by atoms with Crippen molar-refractivity contribution in [3.8, 4) is 0 Å². The van der Waals surface area contributed by atoms with Crippen LogP contribution in [0.2, 0.25) is 0 Å². The summed E-state index contributed by atoms with van der Waals surface area (Å²) in [6.45, 7) is 2.31. The fourth-order valence-corrected chi connectivity index (χ4v) is 1.23. The van der Waals surface area contributed by atoms with Gasteiger partial charge >= 0.3 is 39.2 Å². The van der Waals surface area contributed by atoms with Crippen LogP contribution in [0.15, 0.2) is 24.3 Å². The standard InChI is InChI=1S/C12H14O4.Pb.2H/c1-2-3-8-16-12(15)10-7-5-4-6-9(10)11(13)14;;;/h4-7H,2-3,8H2,1H3,(H,13,14);;;. The molecule has 1 aromatic carbocycles. The van der Waals surface area contributed by atoms with Gasteiger partial charge in [-0.05, 0) is 18.6 Å². The minimum atomic E-state index is -1.12. The average molecular weight is 431 g/mol. The Morgan fingerprint density at radius 3 is 2.35 bits per heavy atom. The van der Waals surface area contributed by atoms with Crippen molar-refractivity contribution < 1.29 is 19.4 Å². The molecule has 0 aromatic heterocycles. The molecule has 0 saturated carbocycles. The molecule has 2 radical (unpaired) electrons. The normalized spacial score (nSPS) is 9.24. The molecule has 0 bridgehead atoms. The van der Waals surface area contributed by atoms with Gasteiger partial charge in [-0.2, -0.15) is 0 Å². The molecule has 92 valence electrons. The van der Waals surface area contributed by atoms with Crippen LogP contribution in [0.4, 0.5) is 0 Å². The van der Waals surface area contributed by atoms with E-state index in [9.17, 15) is 9.59 Å². The van der Waals surface area contributed by atoms with Crippen molar-refractivity contribution in [2.45, 2.75) is 19.8 Å². The Bertz CT molecular complexity index is 390. The molecule has 0 heterocycles. The van der Waals surface area contributed by atoms with E-state index in [4.69, 9.17) is 9.84 Å². The Hall–Kier alpha value is -0.918. The number of esters is 1. The molecule has 0 aliphatic rings. The quantitative estimate of drug-likeness (QED) is 0.435. The molecule has 0 saturated heterocycles.